The maximum Gasteiger partial charge on any atom is 0.266 e. The fraction of sp³-hybridized carbons (Fsp3) is 0.0952. The normalized spacial score (nSPS) is 15.6. The summed E-state index contributed by atoms with van der Waals surface area (Å²) in [6, 6.07) is 16.0. The Hall–Kier alpha value is -2.90. The van der Waals surface area contributed by atoms with Gasteiger partial charge >= 0.3 is 0 Å². The molecule has 0 radical (unpaired) electrons. The fourth-order valence-electron chi connectivity index (χ4n) is 2.50. The molecular weight excluding hydrogens is 392 g/mol. The Bertz CT molecular complexity index is 938. The lowest BCUT2D eigenvalue weighted by Crippen LogP contribution is -2.31. The van der Waals surface area contributed by atoms with Crippen LogP contribution in [0.1, 0.15) is 12.0 Å². The number of thioether (sulfide) groups is 1. The monoisotopic (exact) mass is 410 g/mol. The smallest absolute Gasteiger partial charge is 0.266 e. The van der Waals surface area contributed by atoms with Crippen molar-refractivity contribution in [3.8, 4) is 5.75 Å². The Kier molecular flexibility index (Phi) is 6.62. The molecule has 2 amide bonds. The first-order valence-corrected chi connectivity index (χ1v) is 9.81. The lowest BCUT2D eigenvalue weighted by atomic mass is 10.2. The highest BCUT2D eigenvalue weighted by molar-refractivity contribution is 8.26. The van der Waals surface area contributed by atoms with Crippen LogP contribution in [0.3, 0.4) is 0 Å². The average Bonchev–Trinajstić information content (AvgIpc) is 2.96. The van der Waals surface area contributed by atoms with Crippen molar-refractivity contribution in [3.05, 3.63) is 77.2 Å². The lowest BCUT2D eigenvalue weighted by molar-refractivity contribution is -0.122. The van der Waals surface area contributed by atoms with E-state index in [1.807, 2.05) is 42.5 Å². The highest BCUT2D eigenvalue weighted by atomic mass is 32.2. The van der Waals surface area contributed by atoms with Crippen molar-refractivity contribution in [2.24, 2.45) is 0 Å². The van der Waals surface area contributed by atoms with Gasteiger partial charge in [-0.05, 0) is 35.9 Å². The molecule has 0 aliphatic carbocycles. The van der Waals surface area contributed by atoms with Crippen LogP contribution in [0.4, 0.5) is 5.69 Å². The van der Waals surface area contributed by atoms with Gasteiger partial charge in [-0.2, -0.15) is 0 Å². The number of carbonyl (C=O) groups excluding carboxylic acids is 2. The van der Waals surface area contributed by atoms with Gasteiger partial charge in [0, 0.05) is 18.7 Å². The zero-order chi connectivity index (χ0) is 19.9. The largest absolute Gasteiger partial charge is 0.508 e. The van der Waals surface area contributed by atoms with E-state index in [-0.39, 0.29) is 30.5 Å². The highest BCUT2D eigenvalue weighted by Crippen LogP contribution is 2.31. The summed E-state index contributed by atoms with van der Waals surface area (Å²) in [5.74, 6) is -0.290. The molecule has 1 heterocycles. The van der Waals surface area contributed by atoms with Crippen molar-refractivity contribution in [2.45, 2.75) is 6.42 Å². The van der Waals surface area contributed by atoms with Gasteiger partial charge in [0.2, 0.25) is 5.91 Å². The first-order chi connectivity index (χ1) is 13.5. The Labute approximate surface area is 172 Å². The van der Waals surface area contributed by atoms with Crippen LogP contribution in [0, 0.1) is 0 Å². The number of phenolic OH excluding ortho intramolecular Hbond substituents is 1. The van der Waals surface area contributed by atoms with Crippen LogP contribution in [0.25, 0.3) is 6.08 Å². The molecule has 142 valence electrons. The summed E-state index contributed by atoms with van der Waals surface area (Å²) in [6.07, 6.45) is 5.60. The van der Waals surface area contributed by atoms with Gasteiger partial charge < -0.3 is 10.4 Å². The number of hydrogen-bond donors (Lipinski definition) is 2. The number of rotatable bonds is 6. The van der Waals surface area contributed by atoms with Crippen molar-refractivity contribution in [1.82, 2.24) is 4.90 Å². The van der Waals surface area contributed by atoms with Crippen LogP contribution >= 0.6 is 24.0 Å². The van der Waals surface area contributed by atoms with Gasteiger partial charge in [0.15, 0.2) is 0 Å². The second kappa shape index (κ2) is 9.34. The minimum atomic E-state index is -0.229. The number of allylic oxidation sites excluding steroid dienone is 2. The van der Waals surface area contributed by atoms with Crippen LogP contribution < -0.4 is 5.32 Å². The molecule has 0 bridgehead atoms. The summed E-state index contributed by atoms with van der Waals surface area (Å²) in [5, 5.41) is 12.0. The third kappa shape index (κ3) is 5.31. The van der Waals surface area contributed by atoms with Gasteiger partial charge in [-0.15, -0.1) is 0 Å². The second-order valence-corrected chi connectivity index (χ2v) is 7.65. The van der Waals surface area contributed by atoms with Crippen LogP contribution in [-0.2, 0) is 9.59 Å². The summed E-state index contributed by atoms with van der Waals surface area (Å²) in [7, 11) is 0. The predicted octanol–water partition coefficient (Wildman–Crippen LogP) is 4.18. The van der Waals surface area contributed by atoms with E-state index >= 15 is 0 Å². The minimum Gasteiger partial charge on any atom is -0.508 e. The number of phenols is 1. The quantitative estimate of drug-likeness (QED) is 0.425. The zero-order valence-corrected chi connectivity index (χ0v) is 16.5. The fourth-order valence-corrected chi connectivity index (χ4v) is 3.76. The molecule has 2 N–H and O–H groups in total. The van der Waals surface area contributed by atoms with Gasteiger partial charge in [0.1, 0.15) is 10.1 Å². The Balaban J connectivity index is 1.54. The van der Waals surface area contributed by atoms with E-state index in [1.165, 1.54) is 28.8 Å². The summed E-state index contributed by atoms with van der Waals surface area (Å²) in [6.45, 7) is 0.217. The summed E-state index contributed by atoms with van der Waals surface area (Å²) < 4.78 is 0.446. The summed E-state index contributed by atoms with van der Waals surface area (Å²) in [4.78, 5) is 26.6. The molecule has 1 aliphatic heterocycles. The number of aromatic hydroxyl groups is 1. The second-order valence-electron chi connectivity index (χ2n) is 5.97. The van der Waals surface area contributed by atoms with Crippen LogP contribution in [0.5, 0.6) is 5.75 Å². The predicted molar refractivity (Wildman–Crippen MR) is 117 cm³/mol. The zero-order valence-electron chi connectivity index (χ0n) is 14.9. The van der Waals surface area contributed by atoms with E-state index in [4.69, 9.17) is 12.2 Å². The molecule has 0 saturated carbocycles. The number of hydrogen-bond acceptors (Lipinski definition) is 5. The van der Waals surface area contributed by atoms with E-state index in [2.05, 4.69) is 5.32 Å². The molecule has 2 aromatic rings. The Morgan fingerprint density at radius 1 is 1.14 bits per heavy atom. The molecule has 3 rings (SSSR count). The molecule has 28 heavy (non-hydrogen) atoms. The van der Waals surface area contributed by atoms with Crippen LogP contribution in [-0.4, -0.2) is 32.7 Å². The number of amides is 2. The average molecular weight is 411 g/mol. The molecule has 1 aliphatic rings. The maximum absolute atomic E-state index is 12.5. The van der Waals surface area contributed by atoms with Crippen molar-refractivity contribution >= 4 is 51.9 Å². The first-order valence-electron chi connectivity index (χ1n) is 8.59. The third-order valence-electron chi connectivity index (χ3n) is 3.92. The molecule has 1 saturated heterocycles. The Morgan fingerprint density at radius 2 is 1.86 bits per heavy atom. The molecule has 0 unspecified atom stereocenters. The third-order valence-corrected chi connectivity index (χ3v) is 5.32. The SMILES string of the molecule is O=C(CCN1C(=O)/C(=C/C=C/c2ccccc2)SC1=S)Nc1ccc(O)cc1. The highest BCUT2D eigenvalue weighted by Gasteiger charge is 2.31. The van der Waals surface area contributed by atoms with Gasteiger partial charge in [-0.25, -0.2) is 0 Å². The van der Waals surface area contributed by atoms with E-state index in [0.29, 0.717) is 14.9 Å². The number of thiocarbonyl (C=S) groups is 1. The van der Waals surface area contributed by atoms with Crippen molar-refractivity contribution in [1.29, 1.82) is 0 Å². The van der Waals surface area contributed by atoms with E-state index in [0.717, 1.165) is 5.56 Å². The summed E-state index contributed by atoms with van der Waals surface area (Å²) >= 11 is 6.51. The number of nitrogens with zero attached hydrogens (tertiary/aromatic N) is 1. The van der Waals surface area contributed by atoms with E-state index in [1.54, 1.807) is 18.2 Å². The molecule has 0 aromatic heterocycles. The molecule has 5 nitrogen and oxygen atoms in total. The molecule has 7 heteroatoms. The van der Waals surface area contributed by atoms with Gasteiger partial charge in [-0.3, -0.25) is 14.5 Å². The number of nitrogens with one attached hydrogen (secondary N) is 1. The van der Waals surface area contributed by atoms with Crippen LogP contribution in [0.15, 0.2) is 71.7 Å². The van der Waals surface area contributed by atoms with Crippen molar-refractivity contribution < 1.29 is 14.7 Å². The molecule has 0 atom stereocenters. The molecular formula is C21H18N2O3S2. The summed E-state index contributed by atoms with van der Waals surface area (Å²) in [5.41, 5.74) is 1.62. The topological polar surface area (TPSA) is 69.6 Å². The van der Waals surface area contributed by atoms with Crippen molar-refractivity contribution in [2.75, 3.05) is 11.9 Å². The van der Waals surface area contributed by atoms with Gasteiger partial charge in [0.05, 0.1) is 4.91 Å². The standard InChI is InChI=1S/C21H18N2O3S2/c24-17-11-9-16(10-12-17)22-19(25)13-14-23-20(26)18(28-21(23)27)8-4-7-15-5-2-1-3-6-15/h1-12,24H,13-14H2,(H,22,25)/b7-4+,18-8-. The molecule has 2 aromatic carbocycles. The van der Waals surface area contributed by atoms with Crippen LogP contribution in [0.2, 0.25) is 0 Å². The van der Waals surface area contributed by atoms with E-state index in [9.17, 15) is 14.7 Å². The minimum absolute atomic E-state index is 0.125. The number of carbonyl (C=O) groups is 2. The lowest BCUT2D eigenvalue weighted by Gasteiger charge is -2.14. The van der Waals surface area contributed by atoms with Gasteiger partial charge in [-0.1, -0.05) is 66.5 Å². The first kappa shape index (κ1) is 19.9. The van der Waals surface area contributed by atoms with Crippen molar-refractivity contribution in [3.63, 3.8) is 0 Å². The number of benzene rings is 2. The molecule has 0 spiro atoms. The molecule has 1 fully saturated rings. The number of anilines is 1. The Morgan fingerprint density at radius 3 is 2.57 bits per heavy atom. The van der Waals surface area contributed by atoms with Gasteiger partial charge in [0.25, 0.3) is 5.91 Å². The maximum atomic E-state index is 12.5. The van der Waals surface area contributed by atoms with E-state index < -0.39 is 0 Å².